The Morgan fingerprint density at radius 2 is 1.77 bits per heavy atom. The van der Waals surface area contributed by atoms with Gasteiger partial charge in [-0.1, -0.05) is 18.2 Å². The summed E-state index contributed by atoms with van der Waals surface area (Å²) in [6.45, 7) is 4.63. The van der Waals surface area contributed by atoms with E-state index >= 15 is 0 Å². The maximum Gasteiger partial charge on any atom is 0.176 e. The van der Waals surface area contributed by atoms with Gasteiger partial charge in [0.2, 0.25) is 0 Å². The van der Waals surface area contributed by atoms with Gasteiger partial charge in [-0.15, -0.1) is 0 Å². The van der Waals surface area contributed by atoms with Crippen molar-refractivity contribution in [2.24, 2.45) is 0 Å². The molecule has 0 aliphatic rings. The smallest absolute Gasteiger partial charge is 0.176 e. The highest BCUT2D eigenvalue weighted by Gasteiger charge is 2.09. The molecule has 0 amide bonds. The molecular formula is C19H18BrFN4S. The first-order valence-corrected chi connectivity index (χ1v) is 9.23. The van der Waals surface area contributed by atoms with Crippen molar-refractivity contribution in [2.45, 2.75) is 20.4 Å². The predicted molar refractivity (Wildman–Crippen MR) is 111 cm³/mol. The summed E-state index contributed by atoms with van der Waals surface area (Å²) in [6, 6.07) is 12.5. The fourth-order valence-electron chi connectivity index (χ4n) is 2.66. The van der Waals surface area contributed by atoms with Crippen LogP contribution < -0.4 is 10.6 Å². The first-order chi connectivity index (χ1) is 12.4. The zero-order valence-corrected chi connectivity index (χ0v) is 16.8. The van der Waals surface area contributed by atoms with E-state index in [9.17, 15) is 4.39 Å². The number of hydrogen-bond donors (Lipinski definition) is 2. The Labute approximate surface area is 165 Å². The van der Waals surface area contributed by atoms with Gasteiger partial charge in [-0.05, 0) is 83.0 Å². The summed E-state index contributed by atoms with van der Waals surface area (Å²) in [5.41, 5.74) is 4.23. The highest BCUT2D eigenvalue weighted by molar-refractivity contribution is 9.10. The Morgan fingerprint density at radius 3 is 2.42 bits per heavy atom. The third kappa shape index (κ3) is 4.89. The summed E-state index contributed by atoms with van der Waals surface area (Å²) in [7, 11) is 0. The van der Waals surface area contributed by atoms with Crippen LogP contribution in [0.25, 0.3) is 0 Å². The Morgan fingerprint density at radius 1 is 1.12 bits per heavy atom. The van der Waals surface area contributed by atoms with E-state index in [2.05, 4.69) is 37.7 Å². The van der Waals surface area contributed by atoms with Crippen LogP contribution in [-0.4, -0.2) is 14.9 Å². The molecule has 2 aromatic carbocycles. The lowest BCUT2D eigenvalue weighted by molar-refractivity contribution is 0.624. The first kappa shape index (κ1) is 18.5. The summed E-state index contributed by atoms with van der Waals surface area (Å²) in [4.78, 5) is 0. The number of anilines is 2. The van der Waals surface area contributed by atoms with Gasteiger partial charge >= 0.3 is 0 Å². The molecule has 0 spiro atoms. The van der Waals surface area contributed by atoms with E-state index in [1.165, 1.54) is 23.3 Å². The lowest BCUT2D eigenvalue weighted by Crippen LogP contribution is -2.20. The molecule has 0 bridgehead atoms. The summed E-state index contributed by atoms with van der Waals surface area (Å²) in [5, 5.41) is 11.2. The third-order valence-electron chi connectivity index (χ3n) is 3.69. The van der Waals surface area contributed by atoms with E-state index in [-0.39, 0.29) is 5.82 Å². The molecule has 0 saturated carbocycles. The topological polar surface area (TPSA) is 41.9 Å². The lowest BCUT2D eigenvalue weighted by atomic mass is 10.1. The second-order valence-corrected chi connectivity index (χ2v) is 7.37. The molecule has 0 aliphatic carbocycles. The molecule has 3 rings (SSSR count). The summed E-state index contributed by atoms with van der Waals surface area (Å²) in [6.07, 6.45) is 1.85. The standard InChI is InChI=1S/C19H18BrFN4S/c1-12-7-13(2)9-16(8-12)22-19(26)23-18-17(20)11-25(24-18)10-14-3-5-15(21)6-4-14/h3-9,11H,10H2,1-2H3,(H2,22,23,24,26). The van der Waals surface area contributed by atoms with Crippen LogP contribution in [0.4, 0.5) is 15.9 Å². The fourth-order valence-corrected chi connectivity index (χ4v) is 3.29. The van der Waals surface area contributed by atoms with Gasteiger partial charge in [-0.2, -0.15) is 5.10 Å². The molecule has 134 valence electrons. The highest BCUT2D eigenvalue weighted by atomic mass is 79.9. The van der Waals surface area contributed by atoms with Crippen molar-refractivity contribution in [3.8, 4) is 0 Å². The van der Waals surface area contributed by atoms with E-state index in [1.807, 2.05) is 32.2 Å². The Balaban J connectivity index is 1.66. The highest BCUT2D eigenvalue weighted by Crippen LogP contribution is 2.21. The molecule has 0 saturated heterocycles. The second-order valence-electron chi connectivity index (χ2n) is 6.11. The number of halogens is 2. The van der Waals surface area contributed by atoms with Crippen LogP contribution in [0.2, 0.25) is 0 Å². The molecule has 3 aromatic rings. The third-order valence-corrected chi connectivity index (χ3v) is 4.47. The van der Waals surface area contributed by atoms with Crippen LogP contribution in [0.1, 0.15) is 16.7 Å². The van der Waals surface area contributed by atoms with Crippen molar-refractivity contribution >= 4 is 44.8 Å². The predicted octanol–water partition coefficient (Wildman–Crippen LogP) is 5.26. The van der Waals surface area contributed by atoms with Crippen molar-refractivity contribution in [3.63, 3.8) is 0 Å². The monoisotopic (exact) mass is 432 g/mol. The summed E-state index contributed by atoms with van der Waals surface area (Å²) >= 11 is 8.87. The van der Waals surface area contributed by atoms with Gasteiger partial charge in [-0.25, -0.2) is 4.39 Å². The van der Waals surface area contributed by atoms with Gasteiger partial charge in [0.15, 0.2) is 10.9 Å². The molecule has 0 unspecified atom stereocenters. The number of nitrogens with one attached hydrogen (secondary N) is 2. The molecule has 0 aliphatic heterocycles. The Bertz CT molecular complexity index is 917. The number of hydrogen-bond acceptors (Lipinski definition) is 2. The van der Waals surface area contributed by atoms with Gasteiger partial charge in [0, 0.05) is 11.9 Å². The second kappa shape index (κ2) is 7.97. The summed E-state index contributed by atoms with van der Waals surface area (Å²) in [5.74, 6) is 0.370. The molecule has 1 aromatic heterocycles. The molecule has 4 nitrogen and oxygen atoms in total. The van der Waals surface area contributed by atoms with Crippen LogP contribution in [0.15, 0.2) is 53.1 Å². The number of aromatic nitrogens is 2. The van der Waals surface area contributed by atoms with Crippen LogP contribution in [0.5, 0.6) is 0 Å². The maximum absolute atomic E-state index is 13.0. The Hall–Kier alpha value is -2.25. The van der Waals surface area contributed by atoms with E-state index < -0.39 is 0 Å². The van der Waals surface area contributed by atoms with E-state index in [0.29, 0.717) is 17.5 Å². The van der Waals surface area contributed by atoms with Crippen molar-refractivity contribution in [2.75, 3.05) is 10.6 Å². The lowest BCUT2D eigenvalue weighted by Gasteiger charge is -2.10. The molecule has 1 heterocycles. The summed E-state index contributed by atoms with van der Waals surface area (Å²) < 4.78 is 15.6. The average Bonchev–Trinajstić information content (AvgIpc) is 2.88. The van der Waals surface area contributed by atoms with Crippen LogP contribution in [0.3, 0.4) is 0 Å². The van der Waals surface area contributed by atoms with Crippen molar-refractivity contribution < 1.29 is 4.39 Å². The molecule has 26 heavy (non-hydrogen) atoms. The number of nitrogens with zero attached hydrogens (tertiary/aromatic N) is 2. The number of rotatable bonds is 4. The zero-order chi connectivity index (χ0) is 18.7. The van der Waals surface area contributed by atoms with Gasteiger partial charge in [0.05, 0.1) is 11.0 Å². The van der Waals surface area contributed by atoms with Crippen molar-refractivity contribution in [1.82, 2.24) is 9.78 Å². The minimum Gasteiger partial charge on any atom is -0.332 e. The van der Waals surface area contributed by atoms with Gasteiger partial charge in [0.25, 0.3) is 0 Å². The molecule has 0 fully saturated rings. The van der Waals surface area contributed by atoms with Gasteiger partial charge in [0.1, 0.15) is 5.82 Å². The quantitative estimate of drug-likeness (QED) is 0.551. The number of thiocarbonyl (C=S) groups is 1. The van der Waals surface area contributed by atoms with Gasteiger partial charge < -0.3 is 10.6 Å². The normalized spacial score (nSPS) is 10.6. The largest absolute Gasteiger partial charge is 0.332 e. The van der Waals surface area contributed by atoms with E-state index in [4.69, 9.17) is 12.2 Å². The molecule has 7 heteroatoms. The SMILES string of the molecule is Cc1cc(C)cc(NC(=S)Nc2nn(Cc3ccc(F)cc3)cc2Br)c1. The number of benzene rings is 2. The molecule has 0 atom stereocenters. The molecule has 0 radical (unpaired) electrons. The van der Waals surface area contributed by atoms with E-state index in [0.717, 1.165) is 15.7 Å². The van der Waals surface area contributed by atoms with E-state index in [1.54, 1.807) is 16.8 Å². The maximum atomic E-state index is 13.0. The minimum atomic E-state index is -0.249. The molecular weight excluding hydrogens is 415 g/mol. The Kier molecular flexibility index (Phi) is 5.68. The van der Waals surface area contributed by atoms with Crippen molar-refractivity contribution in [3.05, 3.63) is 75.6 Å². The van der Waals surface area contributed by atoms with Crippen LogP contribution in [0, 0.1) is 19.7 Å². The van der Waals surface area contributed by atoms with Crippen LogP contribution >= 0.6 is 28.1 Å². The van der Waals surface area contributed by atoms with Gasteiger partial charge in [-0.3, -0.25) is 4.68 Å². The average molecular weight is 433 g/mol. The fraction of sp³-hybridized carbons (Fsp3) is 0.158. The van der Waals surface area contributed by atoms with Crippen molar-refractivity contribution in [1.29, 1.82) is 0 Å². The molecule has 2 N–H and O–H groups in total. The zero-order valence-electron chi connectivity index (χ0n) is 14.4. The van der Waals surface area contributed by atoms with Crippen LogP contribution in [-0.2, 0) is 6.54 Å². The minimum absolute atomic E-state index is 0.249. The first-order valence-electron chi connectivity index (χ1n) is 8.03. The number of aryl methyl sites for hydroxylation is 2.